The van der Waals surface area contributed by atoms with Gasteiger partial charge in [-0.1, -0.05) is 20.8 Å². The Kier molecular flexibility index (Phi) is 4.54. The molecule has 0 aliphatic carbocycles. The van der Waals surface area contributed by atoms with Crippen molar-refractivity contribution in [1.82, 2.24) is 15.0 Å². The molecule has 2 N–H and O–H groups in total. The minimum atomic E-state index is 0.0197. The molecule has 1 aromatic rings. The highest BCUT2D eigenvalue weighted by Crippen LogP contribution is 2.35. The number of rotatable bonds is 3. The van der Waals surface area contributed by atoms with E-state index in [-0.39, 0.29) is 12.1 Å². The maximum Gasteiger partial charge on any atom is 0.323 e. The summed E-state index contributed by atoms with van der Waals surface area (Å²) in [6.07, 6.45) is 2.32. The second kappa shape index (κ2) is 6.03. The van der Waals surface area contributed by atoms with Crippen molar-refractivity contribution in [2.24, 2.45) is 11.3 Å². The number of hydrogen-bond acceptors (Lipinski definition) is 6. The summed E-state index contributed by atoms with van der Waals surface area (Å²) in [7, 11) is 0. The van der Waals surface area contributed by atoms with E-state index in [0.29, 0.717) is 17.4 Å². The number of piperidine rings is 1. The number of nitrogen functional groups attached to an aromatic ring is 1. The van der Waals surface area contributed by atoms with Crippen molar-refractivity contribution in [3.05, 3.63) is 0 Å². The summed E-state index contributed by atoms with van der Waals surface area (Å²) in [6.45, 7) is 12.7. The molecule has 0 radical (unpaired) electrons. The summed E-state index contributed by atoms with van der Waals surface area (Å²) >= 11 is 0. The van der Waals surface area contributed by atoms with Crippen LogP contribution in [0.4, 0.5) is 11.9 Å². The molecule has 0 spiro atoms. The van der Waals surface area contributed by atoms with Crippen LogP contribution in [0.2, 0.25) is 0 Å². The quantitative estimate of drug-likeness (QED) is 0.922. The summed E-state index contributed by atoms with van der Waals surface area (Å²) in [5.41, 5.74) is 6.13. The van der Waals surface area contributed by atoms with Crippen LogP contribution in [-0.2, 0) is 0 Å². The molecular weight excluding hydrogens is 266 g/mol. The summed E-state index contributed by atoms with van der Waals surface area (Å²) in [5, 5.41) is 0. The van der Waals surface area contributed by atoms with E-state index >= 15 is 0 Å². The lowest BCUT2D eigenvalue weighted by atomic mass is 9.75. The number of hydrogen-bond donors (Lipinski definition) is 1. The lowest BCUT2D eigenvalue weighted by molar-refractivity contribution is 0.197. The predicted molar refractivity (Wildman–Crippen MR) is 84.4 cm³/mol. The van der Waals surface area contributed by atoms with Crippen LogP contribution in [0.3, 0.4) is 0 Å². The van der Waals surface area contributed by atoms with Crippen LogP contribution in [0.25, 0.3) is 0 Å². The third-order valence-electron chi connectivity index (χ3n) is 3.96. The van der Waals surface area contributed by atoms with Crippen LogP contribution in [-0.4, -0.2) is 34.1 Å². The molecule has 2 heterocycles. The summed E-state index contributed by atoms with van der Waals surface area (Å²) < 4.78 is 5.53. The predicted octanol–water partition coefficient (Wildman–Crippen LogP) is 2.50. The molecule has 1 aliphatic rings. The zero-order chi connectivity index (χ0) is 15.6. The Labute approximate surface area is 127 Å². The Morgan fingerprint density at radius 3 is 2.29 bits per heavy atom. The summed E-state index contributed by atoms with van der Waals surface area (Å²) in [6, 6.07) is 0.311. The number of ether oxygens (including phenoxy) is 1. The maximum atomic E-state index is 5.77. The Morgan fingerprint density at radius 2 is 1.76 bits per heavy atom. The molecule has 0 bridgehead atoms. The van der Waals surface area contributed by atoms with Gasteiger partial charge in [-0.3, -0.25) is 0 Å². The molecule has 6 heteroatoms. The number of anilines is 2. The number of aromatic nitrogens is 3. The Hall–Kier alpha value is -1.59. The van der Waals surface area contributed by atoms with E-state index in [1.54, 1.807) is 0 Å². The fraction of sp³-hybridized carbons (Fsp3) is 0.800. The molecule has 118 valence electrons. The molecule has 1 fully saturated rings. The van der Waals surface area contributed by atoms with E-state index in [1.165, 1.54) is 0 Å². The molecule has 1 aliphatic heterocycles. The van der Waals surface area contributed by atoms with E-state index < -0.39 is 0 Å². The van der Waals surface area contributed by atoms with Gasteiger partial charge < -0.3 is 15.4 Å². The smallest absolute Gasteiger partial charge is 0.323 e. The minimum Gasteiger partial charge on any atom is -0.461 e. The van der Waals surface area contributed by atoms with Crippen molar-refractivity contribution in [1.29, 1.82) is 0 Å². The van der Waals surface area contributed by atoms with Gasteiger partial charge in [0, 0.05) is 13.1 Å². The van der Waals surface area contributed by atoms with Gasteiger partial charge in [0.2, 0.25) is 11.9 Å². The van der Waals surface area contributed by atoms with Gasteiger partial charge in [-0.25, -0.2) is 0 Å². The first-order valence-electron chi connectivity index (χ1n) is 7.69. The molecule has 0 atom stereocenters. The molecule has 2 rings (SSSR count). The average molecular weight is 293 g/mol. The van der Waals surface area contributed by atoms with Gasteiger partial charge in [0.15, 0.2) is 0 Å². The highest BCUT2D eigenvalue weighted by atomic mass is 16.5. The largest absolute Gasteiger partial charge is 0.461 e. The molecule has 6 nitrogen and oxygen atoms in total. The van der Waals surface area contributed by atoms with Gasteiger partial charge in [-0.15, -0.1) is 0 Å². The Bertz CT molecular complexity index is 475. The van der Waals surface area contributed by atoms with Crippen LogP contribution >= 0.6 is 0 Å². The third kappa shape index (κ3) is 4.19. The third-order valence-corrected chi connectivity index (χ3v) is 3.96. The van der Waals surface area contributed by atoms with Crippen LogP contribution in [0.1, 0.15) is 47.5 Å². The summed E-state index contributed by atoms with van der Waals surface area (Å²) in [4.78, 5) is 14.8. The van der Waals surface area contributed by atoms with Crippen LogP contribution in [0, 0.1) is 11.3 Å². The van der Waals surface area contributed by atoms with Crippen molar-refractivity contribution in [2.45, 2.75) is 53.6 Å². The van der Waals surface area contributed by atoms with Crippen LogP contribution in [0.5, 0.6) is 6.01 Å². The molecule has 0 saturated carbocycles. The van der Waals surface area contributed by atoms with E-state index in [4.69, 9.17) is 10.5 Å². The van der Waals surface area contributed by atoms with Gasteiger partial charge in [0.05, 0.1) is 6.10 Å². The van der Waals surface area contributed by atoms with Crippen molar-refractivity contribution < 1.29 is 4.74 Å². The van der Waals surface area contributed by atoms with E-state index in [9.17, 15) is 0 Å². The molecule has 0 aromatic carbocycles. The maximum absolute atomic E-state index is 5.77. The fourth-order valence-corrected chi connectivity index (χ4v) is 2.71. The first-order chi connectivity index (χ1) is 9.75. The standard InChI is InChI=1S/C15H27N5O/c1-10(2)21-14-18-12(16)17-13(19-14)20-8-6-11(7-9-20)15(3,4)5/h10-11H,6-9H2,1-5H3,(H2,16,17,18,19). The molecule has 0 amide bonds. The van der Waals surface area contributed by atoms with Crippen molar-refractivity contribution in [3.63, 3.8) is 0 Å². The average Bonchev–Trinajstić information content (AvgIpc) is 2.36. The zero-order valence-electron chi connectivity index (χ0n) is 13.8. The zero-order valence-corrected chi connectivity index (χ0v) is 13.8. The van der Waals surface area contributed by atoms with Gasteiger partial charge in [-0.05, 0) is 38.0 Å². The molecular formula is C15H27N5O. The SMILES string of the molecule is CC(C)Oc1nc(N)nc(N2CCC(C(C)(C)C)CC2)n1. The van der Waals surface area contributed by atoms with E-state index in [2.05, 4.69) is 40.6 Å². The first kappa shape index (κ1) is 15.8. The molecule has 0 unspecified atom stereocenters. The van der Waals surface area contributed by atoms with Crippen LogP contribution in [0.15, 0.2) is 0 Å². The van der Waals surface area contributed by atoms with Gasteiger partial charge in [0.25, 0.3) is 0 Å². The van der Waals surface area contributed by atoms with Crippen molar-refractivity contribution in [3.8, 4) is 6.01 Å². The van der Waals surface area contributed by atoms with Gasteiger partial charge in [-0.2, -0.15) is 15.0 Å². The lowest BCUT2D eigenvalue weighted by Crippen LogP contribution is -2.39. The monoisotopic (exact) mass is 293 g/mol. The minimum absolute atomic E-state index is 0.0197. The van der Waals surface area contributed by atoms with Gasteiger partial charge in [0.1, 0.15) is 0 Å². The highest BCUT2D eigenvalue weighted by molar-refractivity contribution is 5.36. The summed E-state index contributed by atoms with van der Waals surface area (Å²) in [5.74, 6) is 1.58. The Morgan fingerprint density at radius 1 is 1.14 bits per heavy atom. The highest BCUT2D eigenvalue weighted by Gasteiger charge is 2.29. The van der Waals surface area contributed by atoms with Crippen molar-refractivity contribution >= 4 is 11.9 Å². The first-order valence-corrected chi connectivity index (χ1v) is 7.69. The topological polar surface area (TPSA) is 77.2 Å². The molecule has 21 heavy (non-hydrogen) atoms. The number of nitrogens with two attached hydrogens (primary N) is 1. The van der Waals surface area contributed by atoms with E-state index in [0.717, 1.165) is 31.8 Å². The molecule has 1 aromatic heterocycles. The normalized spacial score (nSPS) is 17.3. The van der Waals surface area contributed by atoms with Gasteiger partial charge >= 0.3 is 6.01 Å². The fourth-order valence-electron chi connectivity index (χ4n) is 2.71. The second-order valence-electron chi connectivity index (χ2n) is 7.07. The van der Waals surface area contributed by atoms with Crippen LogP contribution < -0.4 is 15.4 Å². The molecule has 1 saturated heterocycles. The Balaban J connectivity index is 2.08. The second-order valence-corrected chi connectivity index (χ2v) is 7.07. The van der Waals surface area contributed by atoms with E-state index in [1.807, 2.05) is 13.8 Å². The lowest BCUT2D eigenvalue weighted by Gasteiger charge is -2.38. The number of nitrogens with zero attached hydrogens (tertiary/aromatic N) is 4. The van der Waals surface area contributed by atoms with Crippen molar-refractivity contribution in [2.75, 3.05) is 23.7 Å².